The molecule has 0 saturated carbocycles. The standard InChI is InChI=1S/C21H27F3N2/c1-6-9-15(10-7-2)17(12-11-16(22)8-3)21(26(4)5)20-18(23)13-25-14-19(20)24/h6-7,9-10,13-14,16H,1,8,11-12H2,2-5H3/b10-7-,15-9+,21-17+. The molecule has 0 bridgehead atoms. The first-order valence-electron chi connectivity index (χ1n) is 8.66. The van der Waals surface area contributed by atoms with Gasteiger partial charge in [0.25, 0.3) is 0 Å². The summed E-state index contributed by atoms with van der Waals surface area (Å²) < 4.78 is 42.8. The van der Waals surface area contributed by atoms with Crippen LogP contribution in [-0.4, -0.2) is 30.2 Å². The van der Waals surface area contributed by atoms with E-state index < -0.39 is 17.8 Å². The number of halogens is 3. The van der Waals surface area contributed by atoms with Gasteiger partial charge in [-0.3, -0.25) is 4.98 Å². The number of aromatic nitrogens is 1. The predicted octanol–water partition coefficient (Wildman–Crippen LogP) is 5.85. The van der Waals surface area contributed by atoms with Crippen LogP contribution < -0.4 is 0 Å². The van der Waals surface area contributed by atoms with Gasteiger partial charge in [0.05, 0.1) is 23.7 Å². The average Bonchev–Trinajstić information content (AvgIpc) is 2.59. The summed E-state index contributed by atoms with van der Waals surface area (Å²) in [5.41, 5.74) is 1.61. The second-order valence-electron chi connectivity index (χ2n) is 6.10. The number of alkyl halides is 1. The maximum Gasteiger partial charge on any atom is 0.153 e. The van der Waals surface area contributed by atoms with Gasteiger partial charge in [-0.05, 0) is 37.3 Å². The molecular formula is C21H27F3N2. The van der Waals surface area contributed by atoms with Crippen molar-refractivity contribution >= 4 is 5.70 Å². The Bertz CT molecular complexity index is 683. The largest absolute Gasteiger partial charge is 0.377 e. The first kappa shape index (κ1) is 21.7. The fraction of sp³-hybridized carbons (Fsp3) is 0.381. The highest BCUT2D eigenvalue weighted by molar-refractivity contribution is 5.73. The molecule has 1 heterocycles. The van der Waals surface area contributed by atoms with Crippen molar-refractivity contribution in [3.05, 3.63) is 71.6 Å². The molecule has 0 aliphatic heterocycles. The predicted molar refractivity (Wildman–Crippen MR) is 102 cm³/mol. The van der Waals surface area contributed by atoms with Crippen LogP contribution in [-0.2, 0) is 0 Å². The summed E-state index contributed by atoms with van der Waals surface area (Å²) in [6, 6.07) is 0. The second kappa shape index (κ2) is 10.6. The summed E-state index contributed by atoms with van der Waals surface area (Å²) in [5.74, 6) is -1.51. The van der Waals surface area contributed by atoms with E-state index in [1.165, 1.54) is 0 Å². The molecule has 0 aromatic carbocycles. The minimum atomic E-state index is -0.976. The van der Waals surface area contributed by atoms with Crippen LogP contribution in [0.2, 0.25) is 0 Å². The number of hydrogen-bond donors (Lipinski definition) is 0. The van der Waals surface area contributed by atoms with E-state index in [4.69, 9.17) is 0 Å². The smallest absolute Gasteiger partial charge is 0.153 e. The maximum absolute atomic E-state index is 14.4. The molecular weight excluding hydrogens is 337 g/mol. The van der Waals surface area contributed by atoms with Crippen molar-refractivity contribution < 1.29 is 13.2 Å². The monoisotopic (exact) mass is 364 g/mol. The van der Waals surface area contributed by atoms with E-state index in [0.717, 1.165) is 18.0 Å². The molecule has 1 aromatic heterocycles. The molecule has 0 spiro atoms. The van der Waals surface area contributed by atoms with Gasteiger partial charge in [0.2, 0.25) is 0 Å². The Balaban J connectivity index is 3.72. The van der Waals surface area contributed by atoms with Crippen LogP contribution in [0.1, 0.15) is 38.7 Å². The van der Waals surface area contributed by atoms with E-state index in [-0.39, 0.29) is 12.0 Å². The van der Waals surface area contributed by atoms with Crippen LogP contribution in [0.3, 0.4) is 0 Å². The number of rotatable bonds is 9. The molecule has 0 aliphatic carbocycles. The topological polar surface area (TPSA) is 16.1 Å². The van der Waals surface area contributed by atoms with Crippen molar-refractivity contribution in [2.75, 3.05) is 14.1 Å². The molecule has 0 fully saturated rings. The van der Waals surface area contributed by atoms with E-state index >= 15 is 0 Å². The quantitative estimate of drug-likeness (QED) is 0.511. The highest BCUT2D eigenvalue weighted by Gasteiger charge is 2.22. The molecule has 0 saturated heterocycles. The van der Waals surface area contributed by atoms with Crippen molar-refractivity contribution in [1.82, 2.24) is 9.88 Å². The van der Waals surface area contributed by atoms with Crippen molar-refractivity contribution in [1.29, 1.82) is 0 Å². The van der Waals surface area contributed by atoms with Crippen molar-refractivity contribution in [2.45, 2.75) is 39.3 Å². The molecule has 1 unspecified atom stereocenters. The third-order valence-electron chi connectivity index (χ3n) is 3.97. The molecule has 142 valence electrons. The summed E-state index contributed by atoms with van der Waals surface area (Å²) in [7, 11) is 3.42. The van der Waals surface area contributed by atoms with Gasteiger partial charge in [0.15, 0.2) is 11.6 Å². The molecule has 0 aliphatic rings. The summed E-state index contributed by atoms with van der Waals surface area (Å²) >= 11 is 0. The number of pyridine rings is 1. The molecule has 26 heavy (non-hydrogen) atoms. The van der Waals surface area contributed by atoms with Crippen LogP contribution in [0.5, 0.6) is 0 Å². The van der Waals surface area contributed by atoms with Crippen LogP contribution in [0, 0.1) is 11.6 Å². The molecule has 2 nitrogen and oxygen atoms in total. The maximum atomic E-state index is 14.4. The van der Waals surface area contributed by atoms with Gasteiger partial charge in [-0.2, -0.15) is 0 Å². The van der Waals surface area contributed by atoms with Crippen molar-refractivity contribution in [3.8, 4) is 0 Å². The minimum Gasteiger partial charge on any atom is -0.377 e. The summed E-state index contributed by atoms with van der Waals surface area (Å²) in [6.45, 7) is 7.33. The van der Waals surface area contributed by atoms with Gasteiger partial charge in [0.1, 0.15) is 6.17 Å². The molecule has 0 radical (unpaired) electrons. The zero-order valence-electron chi connectivity index (χ0n) is 15.9. The van der Waals surface area contributed by atoms with Gasteiger partial charge >= 0.3 is 0 Å². The number of nitrogens with zero attached hydrogens (tertiary/aromatic N) is 2. The van der Waals surface area contributed by atoms with E-state index in [9.17, 15) is 13.2 Å². The lowest BCUT2D eigenvalue weighted by Crippen LogP contribution is -2.17. The first-order chi connectivity index (χ1) is 12.4. The zero-order valence-corrected chi connectivity index (χ0v) is 15.9. The lowest BCUT2D eigenvalue weighted by Gasteiger charge is -2.24. The molecule has 1 rings (SSSR count). The van der Waals surface area contributed by atoms with Crippen molar-refractivity contribution in [2.24, 2.45) is 0 Å². The fourth-order valence-electron chi connectivity index (χ4n) is 2.75. The average molecular weight is 364 g/mol. The number of hydrogen-bond acceptors (Lipinski definition) is 2. The lowest BCUT2D eigenvalue weighted by molar-refractivity contribution is 0.306. The van der Waals surface area contributed by atoms with Gasteiger partial charge in [-0.15, -0.1) is 0 Å². The summed E-state index contributed by atoms with van der Waals surface area (Å²) in [4.78, 5) is 5.20. The SMILES string of the molecule is C=C/C=C(\C=C/C)C(/CCC(F)CC)=C(\c1c(F)cncc1F)N(C)C. The normalized spacial score (nSPS) is 14.3. The molecule has 1 atom stereocenters. The van der Waals surface area contributed by atoms with E-state index in [0.29, 0.717) is 24.1 Å². The Kier molecular flexibility index (Phi) is 8.90. The van der Waals surface area contributed by atoms with E-state index in [1.807, 2.05) is 19.1 Å². The van der Waals surface area contributed by atoms with Crippen molar-refractivity contribution in [3.63, 3.8) is 0 Å². The molecule has 1 aromatic rings. The van der Waals surface area contributed by atoms with E-state index in [1.54, 1.807) is 38.1 Å². The Morgan fingerprint density at radius 1 is 1.27 bits per heavy atom. The molecule has 5 heteroatoms. The van der Waals surface area contributed by atoms with Gasteiger partial charge in [-0.1, -0.05) is 37.8 Å². The minimum absolute atomic E-state index is 0.161. The highest BCUT2D eigenvalue weighted by Crippen LogP contribution is 2.33. The summed E-state index contributed by atoms with van der Waals surface area (Å²) in [5, 5.41) is 0. The zero-order chi connectivity index (χ0) is 19.7. The molecule has 0 amide bonds. The van der Waals surface area contributed by atoms with Crippen LogP contribution in [0.15, 0.2) is 54.4 Å². The van der Waals surface area contributed by atoms with Gasteiger partial charge in [-0.25, -0.2) is 13.2 Å². The van der Waals surface area contributed by atoms with Crippen LogP contribution in [0.4, 0.5) is 13.2 Å². The lowest BCUT2D eigenvalue weighted by atomic mass is 9.92. The Labute approximate surface area is 154 Å². The third kappa shape index (κ3) is 5.61. The Morgan fingerprint density at radius 3 is 2.35 bits per heavy atom. The van der Waals surface area contributed by atoms with Gasteiger partial charge in [0, 0.05) is 14.1 Å². The fourth-order valence-corrected chi connectivity index (χ4v) is 2.75. The molecule has 0 N–H and O–H groups in total. The van der Waals surface area contributed by atoms with E-state index in [2.05, 4.69) is 11.6 Å². The first-order valence-corrected chi connectivity index (χ1v) is 8.66. The highest BCUT2D eigenvalue weighted by atomic mass is 19.1. The number of allylic oxidation sites excluding steroid dienone is 6. The summed E-state index contributed by atoms with van der Waals surface area (Å²) in [6.07, 6.45) is 9.02. The van der Waals surface area contributed by atoms with Gasteiger partial charge < -0.3 is 4.90 Å². The Morgan fingerprint density at radius 2 is 1.88 bits per heavy atom. The third-order valence-corrected chi connectivity index (χ3v) is 3.97. The second-order valence-corrected chi connectivity index (χ2v) is 6.10. The Hall–Kier alpha value is -2.30. The van der Waals surface area contributed by atoms with Crippen LogP contribution in [0.25, 0.3) is 5.70 Å². The van der Waals surface area contributed by atoms with Crippen LogP contribution >= 0.6 is 0 Å².